The van der Waals surface area contributed by atoms with Crippen molar-refractivity contribution in [2.45, 2.75) is 70.6 Å². The quantitative estimate of drug-likeness (QED) is 0.450. The first-order valence-electron chi connectivity index (χ1n) is 12.0. The van der Waals surface area contributed by atoms with Crippen molar-refractivity contribution >= 4 is 17.6 Å². The molecule has 1 heterocycles. The molecule has 1 saturated heterocycles. The highest BCUT2D eigenvalue weighted by Crippen LogP contribution is 2.26. The zero-order valence-electron chi connectivity index (χ0n) is 19.7. The van der Waals surface area contributed by atoms with Gasteiger partial charge in [0.2, 0.25) is 0 Å². The van der Waals surface area contributed by atoms with Crippen molar-refractivity contribution in [3.05, 3.63) is 69.7 Å². The summed E-state index contributed by atoms with van der Waals surface area (Å²) in [5.74, 6) is -0.807. The van der Waals surface area contributed by atoms with Crippen molar-refractivity contribution in [1.29, 1.82) is 0 Å². The number of hydrogen-bond donors (Lipinski definition) is 2. The first-order valence-corrected chi connectivity index (χ1v) is 12.4. The number of likely N-dealkylation sites (tertiary alicyclic amines) is 1. The van der Waals surface area contributed by atoms with E-state index in [0.29, 0.717) is 19.0 Å². The van der Waals surface area contributed by atoms with Gasteiger partial charge in [0.15, 0.2) is 0 Å². The van der Waals surface area contributed by atoms with E-state index in [0.717, 1.165) is 48.4 Å². The van der Waals surface area contributed by atoms with Gasteiger partial charge < -0.3 is 14.9 Å². The van der Waals surface area contributed by atoms with Crippen LogP contribution < -0.4 is 0 Å². The Morgan fingerprint density at radius 1 is 1.24 bits per heavy atom. The maximum Gasteiger partial charge on any atom is 0.303 e. The number of aliphatic hydroxyl groups excluding tert-OH is 1. The topological polar surface area (TPSA) is 70.0 Å². The van der Waals surface area contributed by atoms with Gasteiger partial charge in [-0.2, -0.15) is 0 Å². The summed E-state index contributed by atoms with van der Waals surface area (Å²) in [6.45, 7) is 5.90. The molecule has 0 bridgehead atoms. The number of aryl methyl sites for hydroxylation is 2. The molecule has 0 unspecified atom stereocenters. The molecule has 2 aromatic rings. The molecule has 3 atom stereocenters. The Hall–Kier alpha value is -1.92. The molecule has 1 fully saturated rings. The summed E-state index contributed by atoms with van der Waals surface area (Å²) in [4.78, 5) is 13.3. The molecule has 1 aliphatic rings. The number of rotatable bonds is 12. The first-order chi connectivity index (χ1) is 15.9. The number of nitrogens with zero attached hydrogens (tertiary/aromatic N) is 1. The molecule has 3 rings (SSSR count). The summed E-state index contributed by atoms with van der Waals surface area (Å²) in [6, 6.07) is 14.5. The van der Waals surface area contributed by atoms with Crippen LogP contribution in [0.5, 0.6) is 0 Å². The standard InChI is InChI=1S/C27H36ClNO4/c1-3-21-15-20(10-12-26(21)28)16-23-8-6-14-29(23)17-24(30)18-33-19(2)25-9-5-4-7-22(25)11-13-27(31)32/h4-5,7,9-10,12,15,19,23-24,30H,3,6,8,11,13-14,16-18H2,1-2H3,(H,31,32)/t19-,23+,24-/m1/s1. The van der Waals surface area contributed by atoms with Gasteiger partial charge in [-0.1, -0.05) is 54.9 Å². The number of halogens is 1. The molecule has 0 aliphatic carbocycles. The normalized spacial score (nSPS) is 18.4. The number of hydrogen-bond acceptors (Lipinski definition) is 4. The van der Waals surface area contributed by atoms with Gasteiger partial charge in [0.1, 0.15) is 0 Å². The lowest BCUT2D eigenvalue weighted by Gasteiger charge is -2.28. The average Bonchev–Trinajstić information content (AvgIpc) is 3.23. The van der Waals surface area contributed by atoms with Crippen LogP contribution in [0.2, 0.25) is 5.02 Å². The molecule has 2 N–H and O–H groups in total. The lowest BCUT2D eigenvalue weighted by molar-refractivity contribution is -0.136. The van der Waals surface area contributed by atoms with E-state index in [1.165, 1.54) is 11.1 Å². The second kappa shape index (κ2) is 12.5. The van der Waals surface area contributed by atoms with Gasteiger partial charge >= 0.3 is 5.97 Å². The van der Waals surface area contributed by atoms with Crippen molar-refractivity contribution in [3.8, 4) is 0 Å². The number of carbonyl (C=O) groups is 1. The Morgan fingerprint density at radius 2 is 2.03 bits per heavy atom. The number of β-amino-alcohol motifs (C(OH)–C–C–N with tert-alkyl or cyclic N) is 1. The van der Waals surface area contributed by atoms with Crippen molar-refractivity contribution in [2.24, 2.45) is 0 Å². The molecule has 0 aromatic heterocycles. The van der Waals surface area contributed by atoms with Crippen molar-refractivity contribution in [1.82, 2.24) is 4.90 Å². The second-order valence-electron chi connectivity index (χ2n) is 9.00. The molecule has 5 nitrogen and oxygen atoms in total. The highest BCUT2D eigenvalue weighted by Gasteiger charge is 2.27. The molecular formula is C27H36ClNO4. The lowest BCUT2D eigenvalue weighted by Crippen LogP contribution is -2.39. The summed E-state index contributed by atoms with van der Waals surface area (Å²) in [5.41, 5.74) is 4.45. The molecule has 0 spiro atoms. The van der Waals surface area contributed by atoms with Crippen molar-refractivity contribution < 1.29 is 19.7 Å². The van der Waals surface area contributed by atoms with Crippen molar-refractivity contribution in [3.63, 3.8) is 0 Å². The zero-order chi connectivity index (χ0) is 23.8. The fourth-order valence-electron chi connectivity index (χ4n) is 4.73. The fraction of sp³-hybridized carbons (Fsp3) is 0.519. The predicted molar refractivity (Wildman–Crippen MR) is 132 cm³/mol. The van der Waals surface area contributed by atoms with E-state index >= 15 is 0 Å². The van der Waals surface area contributed by atoms with E-state index < -0.39 is 12.1 Å². The molecule has 33 heavy (non-hydrogen) atoms. The molecule has 0 amide bonds. The van der Waals surface area contributed by atoms with Crippen LogP contribution in [0.3, 0.4) is 0 Å². The Bertz CT molecular complexity index is 919. The number of ether oxygens (including phenoxy) is 1. The molecule has 180 valence electrons. The van der Waals surface area contributed by atoms with E-state index in [4.69, 9.17) is 21.4 Å². The Balaban J connectivity index is 1.52. The van der Waals surface area contributed by atoms with E-state index in [2.05, 4.69) is 24.0 Å². The molecule has 6 heteroatoms. The van der Waals surface area contributed by atoms with Crippen LogP contribution in [0, 0.1) is 0 Å². The lowest BCUT2D eigenvalue weighted by atomic mass is 9.99. The van der Waals surface area contributed by atoms with Gasteiger partial charge in [-0.05, 0) is 73.9 Å². The third-order valence-corrected chi connectivity index (χ3v) is 6.92. The summed E-state index contributed by atoms with van der Waals surface area (Å²) in [5, 5.41) is 20.5. The van der Waals surface area contributed by atoms with Crippen LogP contribution in [-0.4, -0.2) is 52.9 Å². The van der Waals surface area contributed by atoms with E-state index in [-0.39, 0.29) is 19.1 Å². The number of aliphatic carboxylic acids is 1. The van der Waals surface area contributed by atoms with E-state index in [9.17, 15) is 9.90 Å². The minimum absolute atomic E-state index is 0.0933. The molecule has 1 aliphatic heterocycles. The van der Waals surface area contributed by atoms with Gasteiger partial charge in [-0.15, -0.1) is 0 Å². The predicted octanol–water partition coefficient (Wildman–Crippen LogP) is 5.07. The van der Waals surface area contributed by atoms with Gasteiger partial charge in [-0.25, -0.2) is 0 Å². The number of benzene rings is 2. The van der Waals surface area contributed by atoms with Gasteiger partial charge in [0.25, 0.3) is 0 Å². The smallest absolute Gasteiger partial charge is 0.303 e. The van der Waals surface area contributed by atoms with Gasteiger partial charge in [0.05, 0.1) is 18.8 Å². The minimum atomic E-state index is -0.807. The van der Waals surface area contributed by atoms with Crippen LogP contribution >= 0.6 is 11.6 Å². The minimum Gasteiger partial charge on any atom is -0.481 e. The Morgan fingerprint density at radius 3 is 2.79 bits per heavy atom. The first kappa shape index (κ1) is 25.7. The summed E-state index contributed by atoms with van der Waals surface area (Å²) in [7, 11) is 0. The fourth-order valence-corrected chi connectivity index (χ4v) is 4.98. The van der Waals surface area contributed by atoms with Crippen LogP contribution in [0.15, 0.2) is 42.5 Å². The number of aliphatic hydroxyl groups is 1. The second-order valence-corrected chi connectivity index (χ2v) is 9.40. The third kappa shape index (κ3) is 7.54. The van der Waals surface area contributed by atoms with Gasteiger partial charge in [0, 0.05) is 24.0 Å². The summed E-state index contributed by atoms with van der Waals surface area (Å²) in [6.07, 6.45) is 3.94. The average molecular weight is 474 g/mol. The van der Waals surface area contributed by atoms with Crippen LogP contribution in [-0.2, 0) is 28.8 Å². The van der Waals surface area contributed by atoms with E-state index in [1.807, 2.05) is 37.3 Å². The summed E-state index contributed by atoms with van der Waals surface area (Å²) < 4.78 is 6.01. The monoisotopic (exact) mass is 473 g/mol. The molecular weight excluding hydrogens is 438 g/mol. The highest BCUT2D eigenvalue weighted by atomic mass is 35.5. The largest absolute Gasteiger partial charge is 0.481 e. The maximum atomic E-state index is 10.9. The summed E-state index contributed by atoms with van der Waals surface area (Å²) >= 11 is 6.27. The third-order valence-electron chi connectivity index (χ3n) is 6.55. The SMILES string of the molecule is CCc1cc(C[C@@H]2CCCN2C[C@@H](O)CO[C@H](C)c2ccccc2CCC(=O)O)ccc1Cl. The number of carboxylic acid groups (broad SMARTS) is 1. The maximum absolute atomic E-state index is 10.9. The Kier molecular flexibility index (Phi) is 9.75. The zero-order valence-corrected chi connectivity index (χ0v) is 20.4. The van der Waals surface area contributed by atoms with Crippen LogP contribution in [0.25, 0.3) is 0 Å². The number of carboxylic acids is 1. The van der Waals surface area contributed by atoms with E-state index in [1.54, 1.807) is 0 Å². The highest BCUT2D eigenvalue weighted by molar-refractivity contribution is 6.31. The molecule has 2 aromatic carbocycles. The van der Waals surface area contributed by atoms with Gasteiger partial charge in [-0.3, -0.25) is 9.69 Å². The Labute approximate surface area is 202 Å². The van der Waals surface area contributed by atoms with Crippen LogP contribution in [0.1, 0.15) is 61.5 Å². The van der Waals surface area contributed by atoms with Crippen LogP contribution in [0.4, 0.5) is 0 Å². The molecule has 0 radical (unpaired) electrons. The van der Waals surface area contributed by atoms with Crippen molar-refractivity contribution in [2.75, 3.05) is 19.7 Å². The molecule has 0 saturated carbocycles.